The Labute approximate surface area is 138 Å². The van der Waals surface area contributed by atoms with E-state index in [9.17, 15) is 83.5 Å². The van der Waals surface area contributed by atoms with E-state index in [0.29, 0.717) is 0 Å². The van der Waals surface area contributed by atoms with Gasteiger partial charge >= 0.3 is 48.1 Å². The second kappa shape index (κ2) is 6.31. The van der Waals surface area contributed by atoms with Gasteiger partial charge in [-0.2, -0.15) is 65.9 Å². The molecule has 0 unspecified atom stereocenters. The van der Waals surface area contributed by atoms with Crippen LogP contribution in [0.15, 0.2) is 0 Å². The SMILES string of the molecule is FN(C(F)(F)F)C(F)(C(F)(C(F)(F)F)C(F)(F)F)C(F)(C(F)(F)F)C(F)(F)F. The Bertz CT molecular complexity index is 489. The molecule has 0 saturated heterocycles. The van der Waals surface area contributed by atoms with Gasteiger partial charge in [-0.3, -0.25) is 0 Å². The maximum absolute atomic E-state index is 14.0. The second-order valence-electron chi connectivity index (χ2n) is 4.68. The molecule has 0 aromatic carbocycles. The fourth-order valence-electron chi connectivity index (χ4n) is 1.76. The summed E-state index contributed by atoms with van der Waals surface area (Å²) < 4.78 is 238. The van der Waals surface area contributed by atoms with E-state index in [-0.39, 0.29) is 0 Å². The topological polar surface area (TPSA) is 3.24 Å². The highest BCUT2D eigenvalue weighted by Gasteiger charge is 3.00. The van der Waals surface area contributed by atoms with E-state index >= 15 is 0 Å². The van der Waals surface area contributed by atoms with Crippen LogP contribution in [0.4, 0.5) is 83.5 Å². The van der Waals surface area contributed by atoms with Crippen LogP contribution in [0.1, 0.15) is 0 Å². The number of rotatable bonds is 3. The van der Waals surface area contributed by atoms with Crippen molar-refractivity contribution in [3.05, 3.63) is 0 Å². The standard InChI is InChI=1S/C8F19N/c9-1(4(12,13)14,5(15,16)17)3(11,28(27)8(24,25)26)2(10,6(18,19)20)7(21,22)23. The molecule has 0 heterocycles. The summed E-state index contributed by atoms with van der Waals surface area (Å²) in [6, 6.07) is 0. The van der Waals surface area contributed by atoms with Crippen molar-refractivity contribution in [1.29, 1.82) is 0 Å². The Balaban J connectivity index is 7.84. The van der Waals surface area contributed by atoms with Crippen molar-refractivity contribution < 1.29 is 83.5 Å². The van der Waals surface area contributed by atoms with E-state index in [1.165, 1.54) is 0 Å². The van der Waals surface area contributed by atoms with Gasteiger partial charge in [-0.15, -0.1) is 4.48 Å². The van der Waals surface area contributed by atoms with Gasteiger partial charge < -0.3 is 0 Å². The van der Waals surface area contributed by atoms with Gasteiger partial charge in [0.15, 0.2) is 0 Å². The molecule has 1 nitrogen and oxygen atoms in total. The van der Waals surface area contributed by atoms with E-state index in [2.05, 4.69) is 0 Å². The first-order chi connectivity index (χ1) is 11.7. The van der Waals surface area contributed by atoms with E-state index in [4.69, 9.17) is 0 Å². The molecule has 0 aliphatic carbocycles. The highest BCUT2D eigenvalue weighted by Crippen LogP contribution is 2.66. The molecular formula is C8F19N. The monoisotopic (exact) mass is 471 g/mol. The van der Waals surface area contributed by atoms with Crippen molar-refractivity contribution in [2.24, 2.45) is 0 Å². The summed E-state index contributed by atoms with van der Waals surface area (Å²) in [7, 11) is 0. The number of alkyl halides is 18. The molecule has 0 fully saturated rings. The first kappa shape index (κ1) is 26.6. The van der Waals surface area contributed by atoms with Gasteiger partial charge in [0.1, 0.15) is 0 Å². The van der Waals surface area contributed by atoms with Crippen molar-refractivity contribution >= 4 is 0 Å². The number of halogens is 19. The average Bonchev–Trinajstić information content (AvgIpc) is 2.37. The summed E-state index contributed by atoms with van der Waals surface area (Å²) in [5.41, 5.74) is -18.1. The van der Waals surface area contributed by atoms with Crippen molar-refractivity contribution in [3.63, 3.8) is 0 Å². The second-order valence-corrected chi connectivity index (χ2v) is 4.68. The summed E-state index contributed by atoms with van der Waals surface area (Å²) in [6.07, 6.45) is -42.1. The Kier molecular flexibility index (Phi) is 6.00. The molecule has 20 heteroatoms. The molecule has 0 amide bonds. The maximum atomic E-state index is 14.0. The van der Waals surface area contributed by atoms with Crippen LogP contribution >= 0.6 is 0 Å². The Morgan fingerprint density at radius 2 is 0.536 bits per heavy atom. The average molecular weight is 471 g/mol. The molecule has 0 aliphatic heterocycles. The molecule has 0 spiro atoms. The molecule has 0 bridgehead atoms. The van der Waals surface area contributed by atoms with Crippen molar-refractivity contribution in [2.45, 2.75) is 48.1 Å². The van der Waals surface area contributed by atoms with Crippen LogP contribution in [0.3, 0.4) is 0 Å². The van der Waals surface area contributed by atoms with Gasteiger partial charge in [0.05, 0.1) is 0 Å². The highest BCUT2D eigenvalue weighted by atomic mass is 19.4. The molecule has 0 N–H and O–H groups in total. The van der Waals surface area contributed by atoms with Crippen LogP contribution in [-0.4, -0.2) is 53.3 Å². The van der Waals surface area contributed by atoms with Crippen LogP contribution in [0, 0.1) is 0 Å². The quantitative estimate of drug-likeness (QED) is 0.277. The summed E-state index contributed by atoms with van der Waals surface area (Å²) in [5, 5.41) is -5.07. The van der Waals surface area contributed by atoms with Gasteiger partial charge in [0, 0.05) is 0 Å². The van der Waals surface area contributed by atoms with Crippen LogP contribution in [-0.2, 0) is 0 Å². The molecule has 0 rings (SSSR count). The van der Waals surface area contributed by atoms with Gasteiger partial charge in [0.25, 0.3) is 0 Å². The molecule has 0 radical (unpaired) electrons. The van der Waals surface area contributed by atoms with Gasteiger partial charge in [-0.05, 0) is 5.12 Å². The largest absolute Gasteiger partial charge is 0.490 e. The summed E-state index contributed by atoms with van der Waals surface area (Å²) >= 11 is 0. The highest BCUT2D eigenvalue weighted by molar-refractivity contribution is 5.22. The number of hydrogen-bond acceptors (Lipinski definition) is 1. The van der Waals surface area contributed by atoms with E-state index < -0.39 is 53.3 Å². The fraction of sp³-hybridized carbons (Fsp3) is 1.00. The summed E-state index contributed by atoms with van der Waals surface area (Å²) in [5.74, 6) is -9.20. The minimum absolute atomic E-state index is 5.07. The van der Waals surface area contributed by atoms with Crippen molar-refractivity contribution in [1.82, 2.24) is 5.12 Å². The molecule has 0 saturated carbocycles. The first-order valence-electron chi connectivity index (χ1n) is 5.52. The smallest absolute Gasteiger partial charge is 0.218 e. The Morgan fingerprint density at radius 3 is 0.643 bits per heavy atom. The van der Waals surface area contributed by atoms with Crippen molar-refractivity contribution in [3.8, 4) is 0 Å². The lowest BCUT2D eigenvalue weighted by atomic mass is 9.78. The molecule has 28 heavy (non-hydrogen) atoms. The van der Waals surface area contributed by atoms with Crippen molar-refractivity contribution in [2.75, 3.05) is 0 Å². The van der Waals surface area contributed by atoms with Crippen LogP contribution < -0.4 is 0 Å². The van der Waals surface area contributed by atoms with Gasteiger partial charge in [0.2, 0.25) is 0 Å². The lowest BCUT2D eigenvalue weighted by molar-refractivity contribution is -0.514. The normalized spacial score (nSPS) is 16.7. The minimum Gasteiger partial charge on any atom is -0.218 e. The predicted molar refractivity (Wildman–Crippen MR) is 44.7 cm³/mol. The Morgan fingerprint density at radius 1 is 0.357 bits per heavy atom. The lowest BCUT2D eigenvalue weighted by Gasteiger charge is -2.49. The van der Waals surface area contributed by atoms with Crippen LogP contribution in [0.25, 0.3) is 0 Å². The molecule has 170 valence electrons. The fourth-order valence-corrected chi connectivity index (χ4v) is 1.76. The third-order valence-electron chi connectivity index (χ3n) is 2.97. The lowest BCUT2D eigenvalue weighted by Crippen LogP contribution is -2.84. The zero-order chi connectivity index (χ0) is 23.6. The number of nitrogens with zero attached hydrogens (tertiary/aromatic N) is 1. The number of hydrogen-bond donors (Lipinski definition) is 0. The van der Waals surface area contributed by atoms with Crippen LogP contribution in [0.2, 0.25) is 0 Å². The zero-order valence-corrected chi connectivity index (χ0v) is 11.6. The third kappa shape index (κ3) is 3.29. The van der Waals surface area contributed by atoms with E-state index in [1.807, 2.05) is 0 Å². The van der Waals surface area contributed by atoms with Gasteiger partial charge in [-0.1, -0.05) is 0 Å². The minimum atomic E-state index is -9.20. The van der Waals surface area contributed by atoms with E-state index in [0.717, 1.165) is 0 Å². The third-order valence-corrected chi connectivity index (χ3v) is 2.97. The molecule has 0 aromatic heterocycles. The summed E-state index contributed by atoms with van der Waals surface area (Å²) in [6.45, 7) is 0. The molecular weight excluding hydrogens is 471 g/mol. The Hall–Kier alpha value is -1.37. The molecule has 0 aromatic rings. The maximum Gasteiger partial charge on any atom is 0.490 e. The van der Waals surface area contributed by atoms with E-state index in [1.54, 1.807) is 0 Å². The predicted octanol–water partition coefficient (Wildman–Crippen LogP) is 6.02. The summed E-state index contributed by atoms with van der Waals surface area (Å²) in [4.78, 5) is 0. The molecule has 0 aliphatic rings. The first-order valence-corrected chi connectivity index (χ1v) is 5.52. The van der Waals surface area contributed by atoms with Crippen LogP contribution in [0.5, 0.6) is 0 Å². The zero-order valence-electron chi connectivity index (χ0n) is 11.6. The molecule has 0 atom stereocenters. The van der Waals surface area contributed by atoms with Gasteiger partial charge in [-0.25, -0.2) is 13.2 Å².